The lowest BCUT2D eigenvalue weighted by Gasteiger charge is -2.35. The normalized spacial score (nSPS) is 32.2. The highest BCUT2D eigenvalue weighted by Crippen LogP contribution is 2.40. The van der Waals surface area contributed by atoms with Gasteiger partial charge in [-0.1, -0.05) is 0 Å². The number of carboxylic acids is 1. The van der Waals surface area contributed by atoms with E-state index in [-0.39, 0.29) is 11.8 Å². The highest BCUT2D eigenvalue weighted by Gasteiger charge is 2.50. The quantitative estimate of drug-likeness (QED) is 0.700. The number of hydrogen-bond donors (Lipinski definition) is 2. The van der Waals surface area contributed by atoms with E-state index in [1.165, 1.54) is 0 Å². The monoisotopic (exact) mass is 227 g/mol. The molecule has 2 rings (SSSR count). The van der Waals surface area contributed by atoms with Crippen molar-refractivity contribution in [2.24, 2.45) is 11.8 Å². The second kappa shape index (κ2) is 3.73. The zero-order chi connectivity index (χ0) is 11.9. The van der Waals surface area contributed by atoms with E-state index < -0.39 is 17.5 Å². The molecule has 1 amide bonds. The Bertz CT molecular complexity index is 316. The number of aliphatic hydroxyl groups is 1. The lowest BCUT2D eigenvalue weighted by molar-refractivity contribution is -0.143. The molecule has 5 heteroatoms. The van der Waals surface area contributed by atoms with Crippen molar-refractivity contribution >= 4 is 11.9 Å². The van der Waals surface area contributed by atoms with Crippen LogP contribution < -0.4 is 0 Å². The van der Waals surface area contributed by atoms with E-state index in [1.807, 2.05) is 0 Å². The summed E-state index contributed by atoms with van der Waals surface area (Å²) in [6.45, 7) is 2.84. The standard InChI is InChI=1S/C11H17NO4/c1-11(16)2-4-12(5-3-11)9(13)7-6-8(7)10(14)15/h7-8,16H,2-6H2,1H3,(H,14,15). The molecule has 2 N–H and O–H groups in total. The molecule has 0 bridgehead atoms. The van der Waals surface area contributed by atoms with Gasteiger partial charge in [-0.15, -0.1) is 0 Å². The van der Waals surface area contributed by atoms with Crippen LogP contribution in [0, 0.1) is 11.8 Å². The summed E-state index contributed by atoms with van der Waals surface area (Å²) in [7, 11) is 0. The second-order valence-electron chi connectivity index (χ2n) is 5.11. The predicted octanol–water partition coefficient (Wildman–Crippen LogP) is 0.0805. The molecule has 1 aliphatic heterocycles. The van der Waals surface area contributed by atoms with E-state index in [4.69, 9.17) is 5.11 Å². The molecule has 0 aromatic carbocycles. The van der Waals surface area contributed by atoms with E-state index in [0.717, 1.165) is 0 Å². The first-order chi connectivity index (χ1) is 7.41. The van der Waals surface area contributed by atoms with E-state index in [2.05, 4.69) is 0 Å². The number of carboxylic acid groups (broad SMARTS) is 1. The molecule has 5 nitrogen and oxygen atoms in total. The van der Waals surface area contributed by atoms with Crippen LogP contribution in [0.25, 0.3) is 0 Å². The average molecular weight is 227 g/mol. The molecule has 0 aromatic rings. The van der Waals surface area contributed by atoms with E-state index in [0.29, 0.717) is 32.4 Å². The van der Waals surface area contributed by atoms with Crippen molar-refractivity contribution in [2.45, 2.75) is 31.8 Å². The fourth-order valence-electron chi connectivity index (χ4n) is 2.18. The van der Waals surface area contributed by atoms with Crippen LogP contribution in [0.1, 0.15) is 26.2 Å². The third-order valence-electron chi connectivity index (χ3n) is 3.58. The molecule has 1 saturated heterocycles. The maximum absolute atomic E-state index is 11.9. The number of likely N-dealkylation sites (tertiary alicyclic amines) is 1. The fourth-order valence-corrected chi connectivity index (χ4v) is 2.18. The van der Waals surface area contributed by atoms with Gasteiger partial charge in [-0.05, 0) is 26.2 Å². The summed E-state index contributed by atoms with van der Waals surface area (Å²) in [4.78, 5) is 24.2. The third kappa shape index (κ3) is 2.19. The molecule has 1 heterocycles. The number of carbonyl (C=O) groups is 2. The number of carbonyl (C=O) groups excluding carboxylic acids is 1. The van der Waals surface area contributed by atoms with E-state index in [1.54, 1.807) is 11.8 Å². The number of amides is 1. The van der Waals surface area contributed by atoms with Gasteiger partial charge in [0.15, 0.2) is 0 Å². The molecule has 0 spiro atoms. The summed E-state index contributed by atoms with van der Waals surface area (Å²) < 4.78 is 0. The largest absolute Gasteiger partial charge is 0.481 e. The Morgan fingerprint density at radius 1 is 1.25 bits per heavy atom. The molecule has 1 saturated carbocycles. The van der Waals surface area contributed by atoms with Crippen molar-refractivity contribution in [3.63, 3.8) is 0 Å². The Kier molecular flexibility index (Phi) is 2.66. The van der Waals surface area contributed by atoms with Gasteiger partial charge in [0.2, 0.25) is 5.91 Å². The van der Waals surface area contributed by atoms with Crippen molar-refractivity contribution in [2.75, 3.05) is 13.1 Å². The van der Waals surface area contributed by atoms with Crippen molar-refractivity contribution in [3.8, 4) is 0 Å². The molecular weight excluding hydrogens is 210 g/mol. The van der Waals surface area contributed by atoms with Crippen LogP contribution in [-0.2, 0) is 9.59 Å². The Morgan fingerprint density at radius 2 is 1.81 bits per heavy atom. The maximum Gasteiger partial charge on any atom is 0.307 e. The van der Waals surface area contributed by atoms with Crippen LogP contribution in [0.4, 0.5) is 0 Å². The van der Waals surface area contributed by atoms with Crippen LogP contribution in [0.15, 0.2) is 0 Å². The molecule has 16 heavy (non-hydrogen) atoms. The molecule has 0 radical (unpaired) electrons. The fraction of sp³-hybridized carbons (Fsp3) is 0.818. The van der Waals surface area contributed by atoms with Crippen LogP contribution in [-0.4, -0.2) is 45.7 Å². The Hall–Kier alpha value is -1.10. The summed E-state index contributed by atoms with van der Waals surface area (Å²) in [6.07, 6.45) is 1.62. The first-order valence-electron chi connectivity index (χ1n) is 5.65. The summed E-state index contributed by atoms with van der Waals surface area (Å²) in [5.41, 5.74) is -0.674. The van der Waals surface area contributed by atoms with Crippen molar-refractivity contribution in [3.05, 3.63) is 0 Å². The van der Waals surface area contributed by atoms with Crippen LogP contribution >= 0.6 is 0 Å². The Balaban J connectivity index is 1.86. The van der Waals surface area contributed by atoms with Gasteiger partial charge in [0.1, 0.15) is 0 Å². The zero-order valence-electron chi connectivity index (χ0n) is 9.35. The highest BCUT2D eigenvalue weighted by atomic mass is 16.4. The summed E-state index contributed by atoms with van der Waals surface area (Å²) in [5.74, 6) is -1.72. The molecule has 2 fully saturated rings. The molecule has 2 unspecified atom stereocenters. The minimum Gasteiger partial charge on any atom is -0.481 e. The van der Waals surface area contributed by atoms with Gasteiger partial charge in [-0.2, -0.15) is 0 Å². The summed E-state index contributed by atoms with van der Waals surface area (Å²) in [5, 5.41) is 18.5. The highest BCUT2D eigenvalue weighted by molar-refractivity contribution is 5.89. The number of rotatable bonds is 2. The molecule has 2 aliphatic rings. The maximum atomic E-state index is 11.9. The topological polar surface area (TPSA) is 77.8 Å². The molecular formula is C11H17NO4. The van der Waals surface area contributed by atoms with Gasteiger partial charge in [-0.3, -0.25) is 9.59 Å². The number of piperidine rings is 1. The number of aliphatic carboxylic acids is 1. The van der Waals surface area contributed by atoms with Crippen molar-refractivity contribution in [1.29, 1.82) is 0 Å². The van der Waals surface area contributed by atoms with Gasteiger partial charge in [0, 0.05) is 13.1 Å². The minimum atomic E-state index is -0.873. The van der Waals surface area contributed by atoms with Gasteiger partial charge >= 0.3 is 5.97 Å². The van der Waals surface area contributed by atoms with Gasteiger partial charge in [0.25, 0.3) is 0 Å². The molecule has 90 valence electrons. The lowest BCUT2D eigenvalue weighted by Crippen LogP contribution is -2.45. The van der Waals surface area contributed by atoms with Crippen LogP contribution in [0.5, 0.6) is 0 Å². The summed E-state index contributed by atoms with van der Waals surface area (Å²) in [6, 6.07) is 0. The first-order valence-corrected chi connectivity index (χ1v) is 5.65. The third-order valence-corrected chi connectivity index (χ3v) is 3.58. The Morgan fingerprint density at radius 3 is 2.25 bits per heavy atom. The minimum absolute atomic E-state index is 0.0529. The van der Waals surface area contributed by atoms with Crippen LogP contribution in [0.3, 0.4) is 0 Å². The average Bonchev–Trinajstić information content (AvgIpc) is 2.96. The smallest absolute Gasteiger partial charge is 0.307 e. The molecule has 0 aromatic heterocycles. The zero-order valence-corrected chi connectivity index (χ0v) is 9.35. The van der Waals surface area contributed by atoms with Crippen molar-refractivity contribution in [1.82, 2.24) is 4.90 Å². The number of nitrogens with zero attached hydrogens (tertiary/aromatic N) is 1. The van der Waals surface area contributed by atoms with E-state index >= 15 is 0 Å². The predicted molar refractivity (Wildman–Crippen MR) is 55.7 cm³/mol. The molecule has 1 aliphatic carbocycles. The SMILES string of the molecule is CC1(O)CCN(C(=O)C2CC2C(=O)O)CC1. The number of hydrogen-bond acceptors (Lipinski definition) is 3. The molecule has 2 atom stereocenters. The van der Waals surface area contributed by atoms with Crippen LogP contribution in [0.2, 0.25) is 0 Å². The Labute approximate surface area is 94.0 Å². The first kappa shape index (κ1) is 11.4. The second-order valence-corrected chi connectivity index (χ2v) is 5.11. The van der Waals surface area contributed by atoms with E-state index in [9.17, 15) is 14.7 Å². The van der Waals surface area contributed by atoms with Crippen molar-refractivity contribution < 1.29 is 19.8 Å². The van der Waals surface area contributed by atoms with Gasteiger partial charge in [0.05, 0.1) is 17.4 Å². The van der Waals surface area contributed by atoms with Gasteiger partial charge in [-0.25, -0.2) is 0 Å². The summed E-state index contributed by atoms with van der Waals surface area (Å²) >= 11 is 0. The lowest BCUT2D eigenvalue weighted by atomic mass is 9.93. The van der Waals surface area contributed by atoms with Gasteiger partial charge < -0.3 is 15.1 Å².